The van der Waals surface area contributed by atoms with Gasteiger partial charge in [0, 0.05) is 10.0 Å². The first kappa shape index (κ1) is 21.7. The molecule has 2 aromatic rings. The molecule has 1 aromatic heterocycles. The Morgan fingerprint density at radius 2 is 1.84 bits per heavy atom. The first-order valence-electron chi connectivity index (χ1n) is 9.00. The van der Waals surface area contributed by atoms with Crippen LogP contribution in [-0.2, 0) is 0 Å². The molecule has 0 aliphatic rings. The van der Waals surface area contributed by atoms with Crippen molar-refractivity contribution in [1.82, 2.24) is 25.5 Å². The molecule has 1 atom stereocenters. The molecule has 0 fully saturated rings. The first-order valence-corrected chi connectivity index (χ1v) is 9.80. The monoisotopic (exact) mass is 411 g/mol. The van der Waals surface area contributed by atoms with Crippen molar-refractivity contribution in [3.8, 4) is 11.4 Å². The number of aromatic amines is 1. The maximum Gasteiger partial charge on any atom is 0.205 e. The lowest BCUT2D eigenvalue weighted by atomic mass is 9.98. The molecular formula is C18H30BrN5O. The molecule has 1 heterocycles. The molecular weight excluding hydrogens is 382 g/mol. The molecule has 0 bridgehead atoms. The van der Waals surface area contributed by atoms with E-state index < -0.39 is 6.10 Å². The quantitative estimate of drug-likeness (QED) is 0.680. The summed E-state index contributed by atoms with van der Waals surface area (Å²) in [6.07, 6.45) is 2.29. The lowest BCUT2D eigenvalue weighted by Gasteiger charge is -2.14. The van der Waals surface area contributed by atoms with Crippen molar-refractivity contribution in [2.75, 3.05) is 19.6 Å². The summed E-state index contributed by atoms with van der Waals surface area (Å²) in [5.41, 5.74) is 1.65. The van der Waals surface area contributed by atoms with E-state index in [1.54, 1.807) is 0 Å². The van der Waals surface area contributed by atoms with Gasteiger partial charge in [-0.2, -0.15) is 5.21 Å². The topological polar surface area (TPSA) is 77.9 Å². The minimum atomic E-state index is -0.494. The van der Waals surface area contributed by atoms with Crippen LogP contribution in [0.15, 0.2) is 22.7 Å². The highest BCUT2D eigenvalue weighted by Crippen LogP contribution is 2.30. The van der Waals surface area contributed by atoms with Crippen LogP contribution in [0, 0.1) is 0 Å². The number of rotatable bonds is 8. The normalized spacial score (nSPS) is 12.0. The predicted molar refractivity (Wildman–Crippen MR) is 105 cm³/mol. The van der Waals surface area contributed by atoms with Gasteiger partial charge in [0.15, 0.2) is 0 Å². The summed E-state index contributed by atoms with van der Waals surface area (Å²) in [6.45, 7) is 12.2. The smallest absolute Gasteiger partial charge is 0.205 e. The van der Waals surface area contributed by atoms with E-state index in [-0.39, 0.29) is 0 Å². The standard InChI is InChI=1S/C12H15BrN4O.C6H15N/c1-2-3-4-11(18)9-6-5-8(13)7-10(9)12-14-16-17-15-12;1-4-7(5-2)6-3/h5-7,11,18H,2-4H2,1H3,(H,14,15,16,17);4-6H2,1-3H3. The Kier molecular flexibility index (Phi) is 10.5. The third-order valence-electron chi connectivity index (χ3n) is 4.13. The van der Waals surface area contributed by atoms with Crippen LogP contribution in [0.5, 0.6) is 0 Å². The van der Waals surface area contributed by atoms with Crippen LogP contribution in [0.3, 0.4) is 0 Å². The molecule has 1 aromatic carbocycles. The zero-order chi connectivity index (χ0) is 18.7. The van der Waals surface area contributed by atoms with E-state index in [2.05, 4.69) is 69.1 Å². The average Bonchev–Trinajstić information content (AvgIpc) is 3.16. The Bertz CT molecular complexity index is 582. The Morgan fingerprint density at radius 3 is 2.32 bits per heavy atom. The largest absolute Gasteiger partial charge is 0.388 e. The van der Waals surface area contributed by atoms with Gasteiger partial charge in [-0.1, -0.05) is 62.5 Å². The minimum Gasteiger partial charge on any atom is -0.388 e. The van der Waals surface area contributed by atoms with Crippen LogP contribution in [0.2, 0.25) is 0 Å². The zero-order valence-corrected chi connectivity index (χ0v) is 17.3. The average molecular weight is 412 g/mol. The molecule has 0 radical (unpaired) electrons. The van der Waals surface area contributed by atoms with Gasteiger partial charge in [0.2, 0.25) is 5.82 Å². The molecule has 0 aliphatic heterocycles. The van der Waals surface area contributed by atoms with E-state index in [1.165, 1.54) is 19.6 Å². The van der Waals surface area contributed by atoms with Crippen molar-refractivity contribution in [2.45, 2.75) is 53.1 Å². The number of tetrazole rings is 1. The highest BCUT2D eigenvalue weighted by molar-refractivity contribution is 9.10. The van der Waals surface area contributed by atoms with Gasteiger partial charge in [-0.15, -0.1) is 10.2 Å². The highest BCUT2D eigenvalue weighted by atomic mass is 79.9. The van der Waals surface area contributed by atoms with E-state index in [0.29, 0.717) is 5.82 Å². The van der Waals surface area contributed by atoms with Crippen LogP contribution in [0.25, 0.3) is 11.4 Å². The lowest BCUT2D eigenvalue weighted by molar-refractivity contribution is 0.165. The molecule has 1 unspecified atom stereocenters. The summed E-state index contributed by atoms with van der Waals surface area (Å²) in [5, 5.41) is 24.2. The van der Waals surface area contributed by atoms with Crippen LogP contribution < -0.4 is 0 Å². The molecule has 0 amide bonds. The fourth-order valence-electron chi connectivity index (χ4n) is 2.51. The van der Waals surface area contributed by atoms with Gasteiger partial charge in [0.1, 0.15) is 0 Å². The van der Waals surface area contributed by atoms with Gasteiger partial charge in [0.25, 0.3) is 0 Å². The van der Waals surface area contributed by atoms with Crippen LogP contribution in [0.1, 0.15) is 58.6 Å². The second-order valence-electron chi connectivity index (χ2n) is 5.74. The number of nitrogens with one attached hydrogen (secondary N) is 1. The number of aromatic nitrogens is 4. The van der Waals surface area contributed by atoms with E-state index in [0.717, 1.165) is 34.9 Å². The molecule has 0 aliphatic carbocycles. The molecule has 140 valence electrons. The SMILES string of the molecule is CCCCC(O)c1ccc(Br)cc1-c1nn[nH]n1.CCN(CC)CC. The summed E-state index contributed by atoms with van der Waals surface area (Å²) in [5.74, 6) is 0.502. The number of nitrogens with zero attached hydrogens (tertiary/aromatic N) is 4. The number of hydrogen-bond acceptors (Lipinski definition) is 5. The number of H-pyrrole nitrogens is 1. The van der Waals surface area contributed by atoms with Gasteiger partial charge in [-0.25, -0.2) is 0 Å². The summed E-state index contributed by atoms with van der Waals surface area (Å²) in [7, 11) is 0. The maximum atomic E-state index is 10.2. The lowest BCUT2D eigenvalue weighted by Crippen LogP contribution is -2.21. The molecule has 25 heavy (non-hydrogen) atoms. The second-order valence-corrected chi connectivity index (χ2v) is 6.66. The summed E-state index contributed by atoms with van der Waals surface area (Å²) in [4.78, 5) is 2.38. The van der Waals surface area contributed by atoms with E-state index >= 15 is 0 Å². The number of unbranched alkanes of at least 4 members (excludes halogenated alkanes) is 1. The molecule has 2 N–H and O–H groups in total. The van der Waals surface area contributed by atoms with Gasteiger partial charge in [-0.3, -0.25) is 0 Å². The Hall–Kier alpha value is -1.31. The third kappa shape index (κ3) is 7.22. The fourth-order valence-corrected chi connectivity index (χ4v) is 2.87. The van der Waals surface area contributed by atoms with Gasteiger partial charge in [0.05, 0.1) is 6.10 Å². The van der Waals surface area contributed by atoms with E-state index in [1.807, 2.05) is 18.2 Å². The minimum absolute atomic E-state index is 0.494. The Morgan fingerprint density at radius 1 is 1.16 bits per heavy atom. The van der Waals surface area contributed by atoms with Crippen molar-refractivity contribution in [3.05, 3.63) is 28.2 Å². The fraction of sp³-hybridized carbons (Fsp3) is 0.611. The van der Waals surface area contributed by atoms with Crippen molar-refractivity contribution >= 4 is 15.9 Å². The van der Waals surface area contributed by atoms with Crippen molar-refractivity contribution in [1.29, 1.82) is 0 Å². The predicted octanol–water partition coefficient (Wildman–Crippen LogP) is 4.20. The number of hydrogen-bond donors (Lipinski definition) is 2. The van der Waals surface area contributed by atoms with E-state index in [4.69, 9.17) is 0 Å². The molecule has 7 heteroatoms. The summed E-state index contributed by atoms with van der Waals surface area (Å²) >= 11 is 3.42. The first-order chi connectivity index (χ1) is 12.1. The van der Waals surface area contributed by atoms with Crippen molar-refractivity contribution in [3.63, 3.8) is 0 Å². The third-order valence-corrected chi connectivity index (χ3v) is 4.63. The van der Waals surface area contributed by atoms with Crippen LogP contribution in [0.4, 0.5) is 0 Å². The number of aliphatic hydroxyl groups excluding tert-OH is 1. The Labute approximate surface area is 159 Å². The zero-order valence-electron chi connectivity index (χ0n) is 15.7. The van der Waals surface area contributed by atoms with Gasteiger partial charge in [-0.05, 0) is 49.0 Å². The molecule has 6 nitrogen and oxygen atoms in total. The van der Waals surface area contributed by atoms with Crippen LogP contribution in [-0.4, -0.2) is 50.3 Å². The van der Waals surface area contributed by atoms with Crippen LogP contribution >= 0.6 is 15.9 Å². The summed E-state index contributed by atoms with van der Waals surface area (Å²) in [6, 6.07) is 5.71. The molecule has 2 rings (SSSR count). The number of aliphatic hydroxyl groups is 1. The van der Waals surface area contributed by atoms with Gasteiger partial charge < -0.3 is 10.0 Å². The Balaban J connectivity index is 0.000000381. The molecule has 0 saturated heterocycles. The summed E-state index contributed by atoms with van der Waals surface area (Å²) < 4.78 is 0.925. The highest BCUT2D eigenvalue weighted by Gasteiger charge is 2.16. The van der Waals surface area contributed by atoms with Crippen molar-refractivity contribution < 1.29 is 5.11 Å². The number of benzene rings is 1. The number of halogens is 1. The van der Waals surface area contributed by atoms with Crippen molar-refractivity contribution in [2.24, 2.45) is 0 Å². The van der Waals surface area contributed by atoms with E-state index in [9.17, 15) is 5.11 Å². The van der Waals surface area contributed by atoms with Gasteiger partial charge >= 0.3 is 0 Å². The second kappa shape index (κ2) is 12.1. The molecule has 0 saturated carbocycles. The molecule has 0 spiro atoms. The maximum absolute atomic E-state index is 10.2.